The van der Waals surface area contributed by atoms with E-state index in [0.29, 0.717) is 39.2 Å². The highest BCUT2D eigenvalue weighted by molar-refractivity contribution is 6.04. The van der Waals surface area contributed by atoms with Crippen molar-refractivity contribution in [1.29, 1.82) is 0 Å². The number of aromatic nitrogens is 7. The van der Waals surface area contributed by atoms with E-state index >= 15 is 0 Å². The summed E-state index contributed by atoms with van der Waals surface area (Å²) < 4.78 is 2.93. The number of rotatable bonds is 4. The van der Waals surface area contributed by atoms with E-state index in [1.165, 1.54) is 9.08 Å². The molecule has 0 spiro atoms. The molecule has 4 heterocycles. The van der Waals surface area contributed by atoms with Gasteiger partial charge in [0.2, 0.25) is 0 Å². The molecule has 6 rings (SSSR count). The van der Waals surface area contributed by atoms with Gasteiger partial charge in [-0.25, -0.2) is 14.5 Å². The molecule has 39 heavy (non-hydrogen) atoms. The summed E-state index contributed by atoms with van der Waals surface area (Å²) in [5.41, 5.74) is 8.49. The van der Waals surface area contributed by atoms with E-state index in [1.807, 2.05) is 18.2 Å². The van der Waals surface area contributed by atoms with Crippen LogP contribution in [0, 0.1) is 11.8 Å². The highest BCUT2D eigenvalue weighted by atomic mass is 16.2. The first-order valence-corrected chi connectivity index (χ1v) is 12.0. The second kappa shape index (κ2) is 9.60. The number of hydrogen-bond acceptors (Lipinski definition) is 7. The monoisotopic (exact) mass is 515 g/mol. The number of nitrogen functional groups attached to an aromatic ring is 1. The number of amides is 1. The number of anilines is 1. The van der Waals surface area contributed by atoms with Crippen molar-refractivity contribution in [3.05, 3.63) is 112 Å². The Morgan fingerprint density at radius 3 is 2.74 bits per heavy atom. The molecule has 4 N–H and O–H groups in total. The molecule has 0 aliphatic heterocycles. The molecule has 0 saturated heterocycles. The topological polar surface area (TPSA) is 149 Å². The van der Waals surface area contributed by atoms with E-state index in [1.54, 1.807) is 68.1 Å². The minimum atomic E-state index is -0.687. The van der Waals surface area contributed by atoms with Gasteiger partial charge >= 0.3 is 0 Å². The number of hydrogen-bond donors (Lipinski definition) is 3. The minimum Gasteiger partial charge on any atom is -0.381 e. The number of nitrogens with one attached hydrogen (secondary N) is 2. The maximum Gasteiger partial charge on any atom is 0.267 e. The standard InChI is InChI=1S/C28H21N9O2/c1-17(33-27(38)23-24(29)35-36-14-6-13-30-26(23)36)25-34-21-10-5-7-19(12-11-18-15-31-32-16-18)22(21)28(39)37(25)20-8-3-2-4-9-20/h2-10,13-17H,1H3,(H2,29,35)(H,31,32)(H,33,38)/t17-/m0/s1. The maximum absolute atomic E-state index is 14.1. The van der Waals surface area contributed by atoms with E-state index in [9.17, 15) is 9.59 Å². The van der Waals surface area contributed by atoms with Gasteiger partial charge in [-0.05, 0) is 37.3 Å². The van der Waals surface area contributed by atoms with Crippen LogP contribution in [0.3, 0.4) is 0 Å². The Balaban J connectivity index is 1.48. The van der Waals surface area contributed by atoms with E-state index in [2.05, 4.69) is 37.4 Å². The van der Waals surface area contributed by atoms with Gasteiger partial charge in [0, 0.05) is 24.2 Å². The lowest BCUT2D eigenvalue weighted by molar-refractivity contribution is 0.0940. The van der Waals surface area contributed by atoms with Crippen LogP contribution >= 0.6 is 0 Å². The summed E-state index contributed by atoms with van der Waals surface area (Å²) in [6, 6.07) is 15.4. The molecule has 0 radical (unpaired) electrons. The number of nitrogens with zero attached hydrogens (tertiary/aromatic N) is 6. The van der Waals surface area contributed by atoms with Crippen molar-refractivity contribution in [3.8, 4) is 17.5 Å². The number of carbonyl (C=O) groups excluding carboxylic acids is 1. The molecule has 2 aromatic carbocycles. The second-order valence-corrected chi connectivity index (χ2v) is 8.73. The molecule has 0 saturated carbocycles. The van der Waals surface area contributed by atoms with Gasteiger partial charge < -0.3 is 11.1 Å². The molecule has 190 valence electrons. The van der Waals surface area contributed by atoms with E-state index < -0.39 is 11.9 Å². The first kappa shape index (κ1) is 23.6. The molecule has 6 aromatic rings. The number of benzene rings is 2. The average Bonchev–Trinajstić information content (AvgIpc) is 3.59. The molecule has 0 aliphatic carbocycles. The van der Waals surface area contributed by atoms with Crippen molar-refractivity contribution >= 4 is 28.3 Å². The van der Waals surface area contributed by atoms with Crippen LogP contribution in [0.25, 0.3) is 22.2 Å². The number of H-pyrrole nitrogens is 1. The molecule has 0 unspecified atom stereocenters. The number of para-hydroxylation sites is 1. The zero-order valence-electron chi connectivity index (χ0n) is 20.7. The summed E-state index contributed by atoms with van der Waals surface area (Å²) in [5, 5.41) is 14.1. The van der Waals surface area contributed by atoms with Crippen LogP contribution in [0.4, 0.5) is 5.82 Å². The lowest BCUT2D eigenvalue weighted by Gasteiger charge is -2.20. The van der Waals surface area contributed by atoms with Gasteiger partial charge in [0.15, 0.2) is 11.5 Å². The first-order chi connectivity index (χ1) is 19.0. The Hall–Kier alpha value is -5.76. The molecule has 4 aromatic heterocycles. The van der Waals surface area contributed by atoms with E-state index in [0.717, 1.165) is 0 Å². The van der Waals surface area contributed by atoms with Crippen molar-refractivity contribution in [2.75, 3.05) is 5.73 Å². The van der Waals surface area contributed by atoms with Crippen LogP contribution in [0.15, 0.2) is 84.2 Å². The lowest BCUT2D eigenvalue weighted by Crippen LogP contribution is -2.33. The van der Waals surface area contributed by atoms with Gasteiger partial charge in [-0.1, -0.05) is 36.1 Å². The lowest BCUT2D eigenvalue weighted by atomic mass is 10.1. The van der Waals surface area contributed by atoms with Crippen LogP contribution in [0.1, 0.15) is 40.3 Å². The Bertz CT molecular complexity index is 1960. The highest BCUT2D eigenvalue weighted by Gasteiger charge is 2.24. The van der Waals surface area contributed by atoms with Gasteiger partial charge in [-0.2, -0.15) is 5.10 Å². The Kier molecular flexibility index (Phi) is 5.82. The van der Waals surface area contributed by atoms with Crippen molar-refractivity contribution in [2.45, 2.75) is 13.0 Å². The fourth-order valence-electron chi connectivity index (χ4n) is 4.38. The molecular formula is C28H21N9O2. The van der Waals surface area contributed by atoms with Crippen LogP contribution in [0.2, 0.25) is 0 Å². The van der Waals surface area contributed by atoms with Crippen molar-refractivity contribution in [1.82, 2.24) is 39.7 Å². The van der Waals surface area contributed by atoms with Crippen molar-refractivity contribution < 1.29 is 4.79 Å². The smallest absolute Gasteiger partial charge is 0.267 e. The number of aromatic amines is 1. The third-order valence-electron chi connectivity index (χ3n) is 6.16. The largest absolute Gasteiger partial charge is 0.381 e. The molecule has 0 fully saturated rings. The predicted octanol–water partition coefficient (Wildman–Crippen LogP) is 2.62. The van der Waals surface area contributed by atoms with Gasteiger partial charge in [0.1, 0.15) is 11.4 Å². The second-order valence-electron chi connectivity index (χ2n) is 8.73. The summed E-state index contributed by atoms with van der Waals surface area (Å²) in [6.07, 6.45) is 6.49. The predicted molar refractivity (Wildman–Crippen MR) is 145 cm³/mol. The fraction of sp³-hybridized carbons (Fsp3) is 0.0714. The SMILES string of the molecule is C[C@H](NC(=O)c1c(N)nn2cccnc12)c1nc2cccc(C#Cc3cn[nH]c3)c2c(=O)n1-c1ccccc1. The van der Waals surface area contributed by atoms with Gasteiger partial charge in [0.05, 0.1) is 34.4 Å². The van der Waals surface area contributed by atoms with Gasteiger partial charge in [0.25, 0.3) is 11.5 Å². The summed E-state index contributed by atoms with van der Waals surface area (Å²) in [4.78, 5) is 36.5. The summed E-state index contributed by atoms with van der Waals surface area (Å²) in [7, 11) is 0. The molecule has 1 atom stereocenters. The third kappa shape index (κ3) is 4.25. The number of fused-ring (bicyclic) bond motifs is 2. The summed E-state index contributed by atoms with van der Waals surface area (Å²) >= 11 is 0. The fourth-order valence-corrected chi connectivity index (χ4v) is 4.38. The van der Waals surface area contributed by atoms with Crippen LogP contribution in [-0.2, 0) is 0 Å². The molecule has 11 nitrogen and oxygen atoms in total. The van der Waals surface area contributed by atoms with Crippen molar-refractivity contribution in [2.24, 2.45) is 0 Å². The Morgan fingerprint density at radius 1 is 1.10 bits per heavy atom. The van der Waals surface area contributed by atoms with E-state index in [-0.39, 0.29) is 16.9 Å². The Morgan fingerprint density at radius 2 is 1.95 bits per heavy atom. The zero-order chi connectivity index (χ0) is 26.9. The Labute approximate surface area is 221 Å². The van der Waals surface area contributed by atoms with E-state index in [4.69, 9.17) is 10.7 Å². The third-order valence-corrected chi connectivity index (χ3v) is 6.16. The molecular weight excluding hydrogens is 494 g/mol. The van der Waals surface area contributed by atoms with Crippen LogP contribution in [-0.4, -0.2) is 40.3 Å². The molecule has 0 aliphatic rings. The highest BCUT2D eigenvalue weighted by Crippen LogP contribution is 2.22. The summed E-state index contributed by atoms with van der Waals surface area (Å²) in [5.74, 6) is 5.99. The zero-order valence-corrected chi connectivity index (χ0v) is 20.7. The number of carbonyl (C=O) groups is 1. The molecule has 1 amide bonds. The van der Waals surface area contributed by atoms with Crippen LogP contribution < -0.4 is 16.6 Å². The van der Waals surface area contributed by atoms with Crippen LogP contribution in [0.5, 0.6) is 0 Å². The van der Waals surface area contributed by atoms with Crippen molar-refractivity contribution in [3.63, 3.8) is 0 Å². The molecule has 11 heteroatoms. The number of nitrogens with two attached hydrogens (primary N) is 1. The van der Waals surface area contributed by atoms with Gasteiger partial charge in [-0.3, -0.25) is 19.3 Å². The average molecular weight is 516 g/mol. The van der Waals surface area contributed by atoms with Gasteiger partial charge in [-0.15, -0.1) is 5.10 Å². The first-order valence-electron chi connectivity index (χ1n) is 12.0. The quantitative estimate of drug-likeness (QED) is 0.306. The maximum atomic E-state index is 14.1. The summed E-state index contributed by atoms with van der Waals surface area (Å²) in [6.45, 7) is 1.75. The normalized spacial score (nSPS) is 11.7. The minimum absolute atomic E-state index is 0.0474. The molecule has 0 bridgehead atoms.